The third-order valence-corrected chi connectivity index (χ3v) is 10.7. The van der Waals surface area contributed by atoms with Crippen molar-refractivity contribution in [3.63, 3.8) is 0 Å². The fraction of sp³-hybridized carbons (Fsp3) is 0.720. The van der Waals surface area contributed by atoms with Crippen molar-refractivity contribution in [2.45, 2.75) is 184 Å². The van der Waals surface area contributed by atoms with Crippen LogP contribution in [0.2, 0.25) is 0 Å². The van der Waals surface area contributed by atoms with Crippen LogP contribution in [0.5, 0.6) is 34.5 Å². The molecule has 1 aliphatic carbocycles. The Morgan fingerprint density at radius 1 is 0.379 bits per heavy atom. The molecule has 2 aromatic rings. The van der Waals surface area contributed by atoms with Crippen LogP contribution in [0, 0.1) is 11.8 Å². The minimum Gasteiger partial charge on any atom is -0.490 e. The van der Waals surface area contributed by atoms with Crippen LogP contribution in [0.3, 0.4) is 0 Å². The van der Waals surface area contributed by atoms with Gasteiger partial charge in [0.05, 0.1) is 50.8 Å². The smallest absolute Gasteiger partial charge is 0.204 e. The van der Waals surface area contributed by atoms with E-state index >= 15 is 9.59 Å². The van der Waals surface area contributed by atoms with Crippen LogP contribution in [0.4, 0.5) is 0 Å². The fourth-order valence-electron chi connectivity index (χ4n) is 7.23. The maximum atomic E-state index is 15.1. The molecule has 8 nitrogen and oxygen atoms in total. The molecule has 58 heavy (non-hydrogen) atoms. The highest BCUT2D eigenvalue weighted by atomic mass is 16.5. The van der Waals surface area contributed by atoms with Crippen molar-refractivity contribution in [3.8, 4) is 34.5 Å². The first kappa shape index (κ1) is 48.9. The lowest BCUT2D eigenvalue weighted by molar-refractivity contribution is 0.0968. The number of benzene rings is 2. The van der Waals surface area contributed by atoms with Crippen LogP contribution in [0.1, 0.15) is 216 Å². The van der Waals surface area contributed by atoms with Crippen molar-refractivity contribution in [1.82, 2.24) is 0 Å². The molecule has 0 amide bonds. The number of ketones is 2. The lowest BCUT2D eigenvalue weighted by Gasteiger charge is -2.27. The van der Waals surface area contributed by atoms with Gasteiger partial charge in [-0.05, 0) is 75.3 Å². The Hall–Kier alpha value is -3.42. The number of hydrogen-bond acceptors (Lipinski definition) is 8. The number of rotatable bonds is 34. The minimum absolute atomic E-state index is 0.219. The molecular weight excluding hydrogens is 729 g/mol. The van der Waals surface area contributed by atoms with Crippen molar-refractivity contribution < 1.29 is 38.0 Å². The van der Waals surface area contributed by atoms with Crippen molar-refractivity contribution in [2.24, 2.45) is 11.8 Å². The Morgan fingerprint density at radius 3 is 0.983 bits per heavy atom. The Balaban J connectivity index is 2.25. The van der Waals surface area contributed by atoms with Crippen LogP contribution < -0.4 is 28.4 Å². The summed E-state index contributed by atoms with van der Waals surface area (Å²) >= 11 is 0. The Morgan fingerprint density at radius 2 is 0.672 bits per heavy atom. The predicted octanol–water partition coefficient (Wildman–Crippen LogP) is 13.9. The quantitative estimate of drug-likeness (QED) is 0.0551. The van der Waals surface area contributed by atoms with Gasteiger partial charge in [-0.1, -0.05) is 132 Å². The molecule has 0 saturated carbocycles. The minimum atomic E-state index is -0.314. The van der Waals surface area contributed by atoms with Crippen LogP contribution >= 0.6 is 0 Å². The highest BCUT2D eigenvalue weighted by Crippen LogP contribution is 2.51. The van der Waals surface area contributed by atoms with E-state index in [1.54, 1.807) is 12.1 Å². The largest absolute Gasteiger partial charge is 0.490 e. The molecule has 2 aromatic carbocycles. The van der Waals surface area contributed by atoms with Crippen molar-refractivity contribution in [1.29, 1.82) is 0 Å². The van der Waals surface area contributed by atoms with Crippen LogP contribution in [0.25, 0.3) is 0 Å². The van der Waals surface area contributed by atoms with Gasteiger partial charge in [-0.3, -0.25) is 9.59 Å². The number of carbonyl (C=O) groups is 2. The molecule has 0 aliphatic heterocycles. The van der Waals surface area contributed by atoms with E-state index in [0.29, 0.717) is 86.0 Å². The van der Waals surface area contributed by atoms with Crippen molar-refractivity contribution in [3.05, 3.63) is 34.4 Å². The maximum absolute atomic E-state index is 15.1. The van der Waals surface area contributed by atoms with Gasteiger partial charge in [-0.2, -0.15) is 0 Å². The maximum Gasteiger partial charge on any atom is 0.204 e. The van der Waals surface area contributed by atoms with Crippen LogP contribution in [-0.2, 0) is 0 Å². The molecule has 0 atom stereocenters. The highest BCUT2D eigenvalue weighted by molar-refractivity contribution is 6.31. The molecule has 0 saturated heterocycles. The molecule has 0 heterocycles. The zero-order chi connectivity index (χ0) is 42.1. The zero-order valence-electron chi connectivity index (χ0n) is 38.0. The molecule has 0 aromatic heterocycles. The zero-order valence-corrected chi connectivity index (χ0v) is 38.0. The van der Waals surface area contributed by atoms with E-state index in [4.69, 9.17) is 28.4 Å². The summed E-state index contributed by atoms with van der Waals surface area (Å²) in [7, 11) is 0. The monoisotopic (exact) mass is 809 g/mol. The lowest BCUT2D eigenvalue weighted by atomic mass is 9.82. The van der Waals surface area contributed by atoms with Crippen LogP contribution in [0.15, 0.2) is 12.1 Å². The van der Waals surface area contributed by atoms with Gasteiger partial charge in [-0.15, -0.1) is 0 Å². The second kappa shape index (κ2) is 28.1. The number of fused-ring (bicyclic) bond motifs is 2. The van der Waals surface area contributed by atoms with Gasteiger partial charge in [0, 0.05) is 11.1 Å². The predicted molar refractivity (Wildman–Crippen MR) is 237 cm³/mol. The first-order valence-electron chi connectivity index (χ1n) is 23.5. The van der Waals surface area contributed by atoms with Gasteiger partial charge in [0.15, 0.2) is 34.6 Å². The molecule has 0 unspecified atom stereocenters. The van der Waals surface area contributed by atoms with Crippen LogP contribution in [-0.4, -0.2) is 51.2 Å². The molecule has 0 N–H and O–H groups in total. The van der Waals surface area contributed by atoms with E-state index in [0.717, 1.165) is 128 Å². The molecule has 3 rings (SSSR count). The van der Waals surface area contributed by atoms with E-state index < -0.39 is 0 Å². The molecule has 0 fully saturated rings. The van der Waals surface area contributed by atoms with Crippen molar-refractivity contribution in [2.75, 3.05) is 39.6 Å². The van der Waals surface area contributed by atoms with Gasteiger partial charge in [-0.25, -0.2) is 0 Å². The normalized spacial score (nSPS) is 12.2. The number of carbonyl (C=O) groups excluding carboxylic acids is 2. The second-order valence-electron chi connectivity index (χ2n) is 17.0. The Labute approximate surface area is 352 Å². The fourth-order valence-corrected chi connectivity index (χ4v) is 7.23. The van der Waals surface area contributed by atoms with Gasteiger partial charge in [0.2, 0.25) is 11.5 Å². The van der Waals surface area contributed by atoms with Crippen molar-refractivity contribution >= 4 is 11.6 Å². The second-order valence-corrected chi connectivity index (χ2v) is 17.0. The first-order valence-corrected chi connectivity index (χ1v) is 23.5. The van der Waals surface area contributed by atoms with Gasteiger partial charge < -0.3 is 28.4 Å². The standard InChI is InChI=1S/C50H80O8/c1-9-13-17-21-29-53-41-35-39-43(49(57-33-25-27-37(5)6)47(41)55-31-23-19-15-11-3)46(52)40-36-42(54-30-22-18-14-10-2)48(56-32-24-20-16-12-4)50(44(40)45(39)51)58-34-26-28-38(7)8/h35-38H,9-34H2,1-8H3. The summed E-state index contributed by atoms with van der Waals surface area (Å²) in [6.07, 6.45) is 20.1. The summed E-state index contributed by atoms with van der Waals surface area (Å²) < 4.78 is 39.2. The Bertz CT molecular complexity index is 1380. The molecule has 328 valence electrons. The lowest BCUT2D eigenvalue weighted by Crippen LogP contribution is -2.25. The topological polar surface area (TPSA) is 89.5 Å². The third-order valence-electron chi connectivity index (χ3n) is 10.7. The first-order chi connectivity index (χ1) is 28.2. The van der Waals surface area contributed by atoms with Gasteiger partial charge in [0.25, 0.3) is 0 Å². The van der Waals surface area contributed by atoms with E-state index in [-0.39, 0.29) is 33.8 Å². The number of unbranched alkanes of at least 4 members (excludes halogenated alkanes) is 12. The molecule has 1 aliphatic rings. The SMILES string of the molecule is CCCCCCOc1cc2c(c(OCCCC(C)C)c1OCCCCCC)C(=O)c1cc(OCCCCCC)c(OCCCCCC)c(OCCCC(C)C)c1C2=O. The van der Waals surface area contributed by atoms with E-state index in [2.05, 4.69) is 55.4 Å². The Kier molecular flexibility index (Phi) is 23.7. The van der Waals surface area contributed by atoms with E-state index in [9.17, 15) is 0 Å². The molecule has 0 bridgehead atoms. The molecular formula is C50H80O8. The van der Waals surface area contributed by atoms with Gasteiger partial charge >= 0.3 is 0 Å². The number of hydrogen-bond donors (Lipinski definition) is 0. The summed E-state index contributed by atoms with van der Waals surface area (Å²) in [6, 6.07) is 3.43. The summed E-state index contributed by atoms with van der Waals surface area (Å²) in [4.78, 5) is 30.3. The van der Waals surface area contributed by atoms with Gasteiger partial charge in [0.1, 0.15) is 0 Å². The highest BCUT2D eigenvalue weighted by Gasteiger charge is 2.40. The van der Waals surface area contributed by atoms with E-state index in [1.807, 2.05) is 0 Å². The third kappa shape index (κ3) is 15.6. The van der Waals surface area contributed by atoms with E-state index in [1.165, 1.54) is 0 Å². The summed E-state index contributed by atoms with van der Waals surface area (Å²) in [5.41, 5.74) is 0.925. The molecule has 8 heteroatoms. The number of ether oxygens (including phenoxy) is 6. The average molecular weight is 809 g/mol. The average Bonchev–Trinajstić information content (AvgIpc) is 3.20. The summed E-state index contributed by atoms with van der Waals surface area (Å²) in [6.45, 7) is 20.1. The molecule has 0 spiro atoms. The summed E-state index contributed by atoms with van der Waals surface area (Å²) in [5, 5.41) is 0. The molecule has 0 radical (unpaired) electrons. The summed E-state index contributed by atoms with van der Waals surface area (Å²) in [5.74, 6) is 2.65.